The van der Waals surface area contributed by atoms with Crippen LogP contribution in [0.4, 0.5) is 0 Å². The van der Waals surface area contributed by atoms with Gasteiger partial charge in [-0.3, -0.25) is 0 Å². The average molecular weight is 617 g/mol. The number of para-hydroxylation sites is 2. The molecule has 0 spiro atoms. The van der Waals surface area contributed by atoms with Crippen molar-refractivity contribution in [2.45, 2.75) is 20.8 Å². The van der Waals surface area contributed by atoms with Gasteiger partial charge in [-0.05, 0) is 93.1 Å². The van der Waals surface area contributed by atoms with E-state index in [0.717, 1.165) is 22.6 Å². The largest absolute Gasteiger partial charge is 0.309 e. The van der Waals surface area contributed by atoms with E-state index in [4.69, 9.17) is 0 Å². The molecule has 2 nitrogen and oxygen atoms in total. The summed E-state index contributed by atoms with van der Waals surface area (Å²) in [5.74, 6) is 0. The smallest absolute Gasteiger partial charge is 0.0547 e. The number of rotatable bonds is 6. The maximum absolute atomic E-state index is 4.63. The zero-order valence-electron chi connectivity index (χ0n) is 25.5. The monoisotopic (exact) mass is 616 g/mol. The molecule has 0 aliphatic carbocycles. The lowest BCUT2D eigenvalue weighted by molar-refractivity contribution is 1.09. The van der Waals surface area contributed by atoms with Gasteiger partial charge in [0.1, 0.15) is 0 Å². The van der Waals surface area contributed by atoms with E-state index in [1.54, 1.807) is 11.3 Å². The van der Waals surface area contributed by atoms with Crippen molar-refractivity contribution in [1.29, 1.82) is 0 Å². The Labute approximate surface area is 271 Å². The average Bonchev–Trinajstić information content (AvgIpc) is 3.84. The molecule has 45 heavy (non-hydrogen) atoms. The molecule has 4 aromatic heterocycles. The quantitative estimate of drug-likeness (QED) is 0.176. The van der Waals surface area contributed by atoms with Crippen LogP contribution in [0.1, 0.15) is 32.8 Å². The first-order valence-corrected chi connectivity index (χ1v) is 16.9. The summed E-state index contributed by atoms with van der Waals surface area (Å²) in [5.41, 5.74) is 10.5. The van der Waals surface area contributed by atoms with E-state index in [-0.39, 0.29) is 0 Å². The molecule has 4 heterocycles. The molecule has 4 heteroatoms. The van der Waals surface area contributed by atoms with Crippen LogP contribution in [0.15, 0.2) is 128 Å². The van der Waals surface area contributed by atoms with Gasteiger partial charge in [0.2, 0.25) is 0 Å². The maximum atomic E-state index is 4.63. The predicted octanol–water partition coefficient (Wildman–Crippen LogP) is 12.2. The highest BCUT2D eigenvalue weighted by Gasteiger charge is 2.21. The van der Waals surface area contributed by atoms with Crippen LogP contribution in [0.25, 0.3) is 66.2 Å². The van der Waals surface area contributed by atoms with E-state index < -0.39 is 0 Å². The Morgan fingerprint density at radius 1 is 0.644 bits per heavy atom. The number of thiophene rings is 2. The molecule has 8 rings (SSSR count). The molecule has 8 aromatic rings. The molecule has 0 radical (unpaired) electrons. The molecule has 0 aliphatic rings. The van der Waals surface area contributed by atoms with Gasteiger partial charge in [-0.2, -0.15) is 0 Å². The van der Waals surface area contributed by atoms with E-state index in [1.807, 2.05) is 11.3 Å². The van der Waals surface area contributed by atoms with Crippen molar-refractivity contribution >= 4 is 67.0 Å². The second-order valence-corrected chi connectivity index (χ2v) is 14.1. The molecule has 0 fully saturated rings. The van der Waals surface area contributed by atoms with E-state index >= 15 is 0 Å². The van der Waals surface area contributed by atoms with Crippen LogP contribution < -0.4 is 0 Å². The van der Waals surface area contributed by atoms with Crippen LogP contribution >= 0.6 is 22.7 Å². The van der Waals surface area contributed by atoms with E-state index in [1.165, 1.54) is 63.3 Å². The Morgan fingerprint density at radius 2 is 1.29 bits per heavy atom. The number of aryl methyl sites for hydroxylation is 2. The first-order valence-electron chi connectivity index (χ1n) is 15.3. The Bertz CT molecular complexity index is 2440. The van der Waals surface area contributed by atoms with Gasteiger partial charge >= 0.3 is 0 Å². The standard InChI is InChI=1S/C41H32N2S2/c1-5-12-36-40(28(4)38-23-21-26(2)44-38)31-15-6-8-18-34(31)42(36)29-13-10-14-30(25-29)43-35-19-9-7-16-32(35)41-33(17-11-20-37(41)43)39-24-22-27(3)45-39/h5-25H,4H2,1-3H3/b12-5-. The van der Waals surface area contributed by atoms with Crippen molar-refractivity contribution in [2.75, 3.05) is 0 Å². The van der Waals surface area contributed by atoms with E-state index in [9.17, 15) is 0 Å². The van der Waals surface area contributed by atoms with E-state index in [0.29, 0.717) is 0 Å². The van der Waals surface area contributed by atoms with Crippen molar-refractivity contribution in [3.05, 3.63) is 154 Å². The Balaban J connectivity index is 1.38. The first kappa shape index (κ1) is 27.6. The van der Waals surface area contributed by atoms with E-state index in [2.05, 4.69) is 164 Å². The highest BCUT2D eigenvalue weighted by atomic mass is 32.1. The molecular formula is C41H32N2S2. The number of hydrogen-bond donors (Lipinski definition) is 0. The highest BCUT2D eigenvalue weighted by molar-refractivity contribution is 7.15. The van der Waals surface area contributed by atoms with Crippen LogP contribution in [0.5, 0.6) is 0 Å². The summed E-state index contributed by atoms with van der Waals surface area (Å²) in [6.45, 7) is 11.1. The minimum atomic E-state index is 1.06. The molecule has 4 aromatic carbocycles. The number of fused-ring (bicyclic) bond motifs is 4. The third kappa shape index (κ3) is 4.44. The molecule has 0 amide bonds. The molecule has 218 valence electrons. The Kier molecular flexibility index (Phi) is 6.71. The fourth-order valence-electron chi connectivity index (χ4n) is 6.74. The minimum Gasteiger partial charge on any atom is -0.309 e. The van der Waals surface area contributed by atoms with Gasteiger partial charge < -0.3 is 9.13 Å². The van der Waals surface area contributed by atoms with Crippen molar-refractivity contribution < 1.29 is 0 Å². The first-order chi connectivity index (χ1) is 22.0. The molecule has 0 bridgehead atoms. The summed E-state index contributed by atoms with van der Waals surface area (Å²) in [7, 11) is 0. The number of benzene rings is 4. The minimum absolute atomic E-state index is 1.06. The van der Waals surface area contributed by atoms with Crippen LogP contribution in [0, 0.1) is 13.8 Å². The lowest BCUT2D eigenvalue weighted by Gasteiger charge is -2.14. The van der Waals surface area contributed by atoms with Gasteiger partial charge in [0.25, 0.3) is 0 Å². The van der Waals surface area contributed by atoms with Gasteiger partial charge in [0.05, 0.1) is 22.2 Å². The molecule has 0 unspecified atom stereocenters. The number of allylic oxidation sites excluding steroid dienone is 1. The highest BCUT2D eigenvalue weighted by Crippen LogP contribution is 2.42. The molecule has 0 saturated heterocycles. The molecular weight excluding hydrogens is 585 g/mol. The Hall–Kier alpha value is -4.90. The van der Waals surface area contributed by atoms with Gasteiger partial charge in [0, 0.05) is 58.2 Å². The number of hydrogen-bond acceptors (Lipinski definition) is 2. The van der Waals surface area contributed by atoms with Crippen molar-refractivity contribution in [2.24, 2.45) is 0 Å². The van der Waals surface area contributed by atoms with Gasteiger partial charge in [0.15, 0.2) is 0 Å². The molecule has 0 N–H and O–H groups in total. The topological polar surface area (TPSA) is 9.86 Å². The summed E-state index contributed by atoms with van der Waals surface area (Å²) in [6.07, 6.45) is 4.36. The summed E-state index contributed by atoms with van der Waals surface area (Å²) in [6, 6.07) is 42.0. The lowest BCUT2D eigenvalue weighted by atomic mass is 10.0. The zero-order chi connectivity index (χ0) is 30.7. The predicted molar refractivity (Wildman–Crippen MR) is 198 cm³/mol. The van der Waals surface area contributed by atoms with Crippen molar-refractivity contribution in [3.63, 3.8) is 0 Å². The summed E-state index contributed by atoms with van der Waals surface area (Å²) in [5, 5.41) is 3.77. The van der Waals surface area contributed by atoms with Gasteiger partial charge in [-0.25, -0.2) is 0 Å². The second-order valence-electron chi connectivity index (χ2n) is 11.5. The van der Waals surface area contributed by atoms with Crippen LogP contribution in [-0.4, -0.2) is 9.13 Å². The molecule has 0 aliphatic heterocycles. The van der Waals surface area contributed by atoms with Gasteiger partial charge in [-0.15, -0.1) is 22.7 Å². The maximum Gasteiger partial charge on any atom is 0.0547 e. The van der Waals surface area contributed by atoms with Crippen molar-refractivity contribution in [1.82, 2.24) is 9.13 Å². The normalized spacial score (nSPS) is 11.9. The molecule has 0 saturated carbocycles. The zero-order valence-corrected chi connectivity index (χ0v) is 27.2. The number of nitrogens with zero attached hydrogens (tertiary/aromatic N) is 2. The fraction of sp³-hybridized carbons (Fsp3) is 0.0732. The van der Waals surface area contributed by atoms with Crippen LogP contribution in [0.3, 0.4) is 0 Å². The lowest BCUT2D eigenvalue weighted by Crippen LogP contribution is -2.01. The molecule has 0 atom stereocenters. The fourth-order valence-corrected chi connectivity index (χ4v) is 8.49. The van der Waals surface area contributed by atoms with Crippen molar-refractivity contribution in [3.8, 4) is 21.8 Å². The third-order valence-corrected chi connectivity index (χ3v) is 10.7. The van der Waals surface area contributed by atoms with Gasteiger partial charge in [-0.1, -0.05) is 67.3 Å². The summed E-state index contributed by atoms with van der Waals surface area (Å²) >= 11 is 3.65. The second kappa shape index (κ2) is 10.9. The summed E-state index contributed by atoms with van der Waals surface area (Å²) in [4.78, 5) is 5.12. The SMILES string of the molecule is C=C(c1ccc(C)s1)c1c(/C=C\C)n(-c2cccc(-n3c4ccccc4c4c(-c5ccc(C)s5)cccc43)c2)c2ccccc12. The Morgan fingerprint density at radius 3 is 2.00 bits per heavy atom. The summed E-state index contributed by atoms with van der Waals surface area (Å²) < 4.78 is 4.82. The van der Waals surface area contributed by atoms with Crippen LogP contribution in [0.2, 0.25) is 0 Å². The number of aromatic nitrogens is 2. The van der Waals surface area contributed by atoms with Crippen LogP contribution in [-0.2, 0) is 0 Å². The third-order valence-electron chi connectivity index (χ3n) is 8.63.